The molecule has 2 aliphatic heterocycles. The average molecular weight is 370 g/mol. The largest absolute Gasteiger partial charge is 0.342 e. The van der Waals surface area contributed by atoms with Gasteiger partial charge >= 0.3 is 0 Å². The van der Waals surface area contributed by atoms with Crippen molar-refractivity contribution in [3.8, 4) is 0 Å². The quantitative estimate of drug-likeness (QED) is 0.832. The van der Waals surface area contributed by atoms with Crippen molar-refractivity contribution in [2.45, 2.75) is 19.3 Å². The third kappa shape index (κ3) is 3.39. The summed E-state index contributed by atoms with van der Waals surface area (Å²) in [6.07, 6.45) is 2.33. The van der Waals surface area contributed by atoms with Gasteiger partial charge in [0.25, 0.3) is 0 Å². The van der Waals surface area contributed by atoms with Crippen LogP contribution in [0.25, 0.3) is 0 Å². The summed E-state index contributed by atoms with van der Waals surface area (Å²) in [7, 11) is 0. The van der Waals surface area contributed by atoms with Crippen molar-refractivity contribution in [1.29, 1.82) is 0 Å². The number of nitrogens with zero attached hydrogens (tertiary/aromatic N) is 2. The molecule has 0 spiro atoms. The lowest BCUT2D eigenvalue weighted by Gasteiger charge is -2.32. The topological polar surface area (TPSA) is 66.6 Å². The third-order valence-corrected chi connectivity index (χ3v) is 5.52. The van der Waals surface area contributed by atoms with Gasteiger partial charge in [-0.05, 0) is 49.9 Å². The summed E-state index contributed by atoms with van der Waals surface area (Å²) in [5.74, 6) is -0.397. The minimum Gasteiger partial charge on any atom is -0.342 e. The summed E-state index contributed by atoms with van der Waals surface area (Å²) in [6, 6.07) is 5.01. The Balaban J connectivity index is 1.70. The molecule has 1 aromatic carbocycles. The van der Waals surface area contributed by atoms with Crippen LogP contribution in [0.3, 0.4) is 0 Å². The lowest BCUT2D eigenvalue weighted by Crippen LogP contribution is -2.45. The van der Waals surface area contributed by atoms with Gasteiger partial charge in [0, 0.05) is 24.7 Å². The summed E-state index contributed by atoms with van der Waals surface area (Å²) < 4.78 is 0. The molecule has 1 atom stereocenters. The number of hydrogen-bond donors (Lipinski definition) is 1. The third-order valence-electron chi connectivity index (χ3n) is 4.96. The molecule has 0 aromatic heterocycles. The maximum absolute atomic E-state index is 12.7. The molecule has 3 rings (SSSR count). The predicted octanol–water partition coefficient (Wildman–Crippen LogP) is 2.54. The standard InChI is InChI=1S/C17H21Cl2N3O2/c18-12-1-2-14(19)15(9-12)22-8-5-13(17(22)24)16(23)21-6-3-11(10-20)4-7-21/h1-2,9,11,13H,3-8,10,20H2. The first kappa shape index (κ1) is 17.5. The smallest absolute Gasteiger partial charge is 0.239 e. The van der Waals surface area contributed by atoms with Crippen LogP contribution in [0.1, 0.15) is 19.3 Å². The van der Waals surface area contributed by atoms with Gasteiger partial charge in [-0.2, -0.15) is 0 Å². The van der Waals surface area contributed by atoms with Crippen molar-refractivity contribution in [3.05, 3.63) is 28.2 Å². The normalized spacial score (nSPS) is 22.3. The number of anilines is 1. The van der Waals surface area contributed by atoms with Gasteiger partial charge in [-0.3, -0.25) is 9.59 Å². The lowest BCUT2D eigenvalue weighted by atomic mass is 9.95. The molecule has 2 amide bonds. The van der Waals surface area contributed by atoms with Crippen molar-refractivity contribution in [2.24, 2.45) is 17.6 Å². The second-order valence-corrected chi connectivity index (χ2v) is 7.27. The van der Waals surface area contributed by atoms with Gasteiger partial charge in [0.15, 0.2) is 0 Å². The number of nitrogens with two attached hydrogens (primary N) is 1. The highest BCUT2D eigenvalue weighted by molar-refractivity contribution is 6.36. The number of rotatable bonds is 3. The van der Waals surface area contributed by atoms with Gasteiger partial charge in [-0.1, -0.05) is 23.2 Å². The number of benzene rings is 1. The number of piperidine rings is 1. The fourth-order valence-electron chi connectivity index (χ4n) is 3.45. The number of carbonyl (C=O) groups excluding carboxylic acids is 2. The summed E-state index contributed by atoms with van der Waals surface area (Å²) in [6.45, 7) is 2.50. The van der Waals surface area contributed by atoms with Gasteiger partial charge < -0.3 is 15.5 Å². The van der Waals surface area contributed by atoms with E-state index in [-0.39, 0.29) is 11.8 Å². The van der Waals surface area contributed by atoms with Gasteiger partial charge in [-0.25, -0.2) is 0 Å². The Hall–Kier alpha value is -1.30. The molecule has 2 fully saturated rings. The van der Waals surface area contributed by atoms with Crippen LogP contribution in [0.15, 0.2) is 18.2 Å². The number of amides is 2. The first-order chi connectivity index (χ1) is 11.5. The molecule has 2 heterocycles. The fourth-order valence-corrected chi connectivity index (χ4v) is 3.84. The van der Waals surface area contributed by atoms with Crippen LogP contribution >= 0.6 is 23.2 Å². The van der Waals surface area contributed by atoms with Gasteiger partial charge in [0.1, 0.15) is 5.92 Å². The van der Waals surface area contributed by atoms with Crippen LogP contribution in [-0.4, -0.2) is 42.9 Å². The maximum atomic E-state index is 12.7. The van der Waals surface area contributed by atoms with Crippen molar-refractivity contribution >= 4 is 40.7 Å². The molecule has 0 radical (unpaired) electrons. The number of likely N-dealkylation sites (tertiary alicyclic amines) is 1. The molecule has 130 valence electrons. The summed E-state index contributed by atoms with van der Waals surface area (Å²) in [4.78, 5) is 28.8. The Morgan fingerprint density at radius 1 is 1.17 bits per heavy atom. The Morgan fingerprint density at radius 3 is 2.54 bits per heavy atom. The average Bonchev–Trinajstić information content (AvgIpc) is 2.98. The van der Waals surface area contributed by atoms with Crippen molar-refractivity contribution in [3.63, 3.8) is 0 Å². The Kier molecular flexibility index (Phi) is 5.33. The highest BCUT2D eigenvalue weighted by Crippen LogP contribution is 2.34. The lowest BCUT2D eigenvalue weighted by molar-refractivity contribution is -0.141. The first-order valence-corrected chi connectivity index (χ1v) is 9.02. The Bertz CT molecular complexity index is 645. The van der Waals surface area contributed by atoms with Gasteiger partial charge in [0.05, 0.1) is 10.7 Å². The van der Waals surface area contributed by atoms with E-state index in [0.29, 0.717) is 54.3 Å². The summed E-state index contributed by atoms with van der Waals surface area (Å²) in [5, 5.41) is 0.977. The molecule has 24 heavy (non-hydrogen) atoms. The van der Waals surface area contributed by atoms with E-state index in [0.717, 1.165) is 12.8 Å². The number of halogens is 2. The highest BCUT2D eigenvalue weighted by atomic mass is 35.5. The molecule has 2 aliphatic rings. The van der Waals surface area contributed by atoms with E-state index in [4.69, 9.17) is 28.9 Å². The van der Waals surface area contributed by atoms with Crippen LogP contribution in [0.2, 0.25) is 10.0 Å². The Labute approximate surface area is 151 Å². The van der Waals surface area contributed by atoms with Crippen molar-refractivity contribution < 1.29 is 9.59 Å². The molecule has 1 unspecified atom stereocenters. The summed E-state index contributed by atoms with van der Waals surface area (Å²) >= 11 is 12.2. The minimum atomic E-state index is -0.616. The van der Waals surface area contributed by atoms with Gasteiger partial charge in [0.2, 0.25) is 11.8 Å². The first-order valence-electron chi connectivity index (χ1n) is 8.26. The van der Waals surface area contributed by atoms with Crippen LogP contribution in [0.4, 0.5) is 5.69 Å². The van der Waals surface area contributed by atoms with E-state index >= 15 is 0 Å². The second-order valence-electron chi connectivity index (χ2n) is 6.43. The molecule has 0 bridgehead atoms. The SMILES string of the molecule is NCC1CCN(C(=O)C2CCN(c3cc(Cl)ccc3Cl)C2=O)CC1. The van der Waals surface area contributed by atoms with Crippen LogP contribution in [0, 0.1) is 11.8 Å². The molecule has 0 saturated carbocycles. The molecule has 7 heteroatoms. The van der Waals surface area contributed by atoms with E-state index in [2.05, 4.69) is 0 Å². The van der Waals surface area contributed by atoms with Crippen molar-refractivity contribution in [1.82, 2.24) is 4.90 Å². The van der Waals surface area contributed by atoms with E-state index in [1.54, 1.807) is 28.0 Å². The predicted molar refractivity (Wildman–Crippen MR) is 95.3 cm³/mol. The highest BCUT2D eigenvalue weighted by Gasteiger charge is 2.40. The second kappa shape index (κ2) is 7.30. The molecule has 1 aromatic rings. The molecule has 5 nitrogen and oxygen atoms in total. The molecule has 2 saturated heterocycles. The van der Waals surface area contributed by atoms with E-state index in [1.807, 2.05) is 0 Å². The van der Waals surface area contributed by atoms with Crippen LogP contribution < -0.4 is 10.6 Å². The number of carbonyl (C=O) groups is 2. The monoisotopic (exact) mass is 369 g/mol. The molecular formula is C17H21Cl2N3O2. The van der Waals surface area contributed by atoms with Crippen LogP contribution in [0.5, 0.6) is 0 Å². The van der Waals surface area contributed by atoms with E-state index in [9.17, 15) is 9.59 Å². The van der Waals surface area contributed by atoms with E-state index < -0.39 is 5.92 Å². The fraction of sp³-hybridized carbons (Fsp3) is 0.529. The zero-order chi connectivity index (χ0) is 17.3. The zero-order valence-corrected chi connectivity index (χ0v) is 14.9. The Morgan fingerprint density at radius 2 is 1.88 bits per heavy atom. The number of hydrogen-bond acceptors (Lipinski definition) is 3. The van der Waals surface area contributed by atoms with Crippen molar-refractivity contribution in [2.75, 3.05) is 31.1 Å². The zero-order valence-electron chi connectivity index (χ0n) is 13.4. The molecule has 2 N–H and O–H groups in total. The minimum absolute atomic E-state index is 0.0730. The molecular weight excluding hydrogens is 349 g/mol. The maximum Gasteiger partial charge on any atom is 0.239 e. The van der Waals surface area contributed by atoms with Gasteiger partial charge in [-0.15, -0.1) is 0 Å². The summed E-state index contributed by atoms with van der Waals surface area (Å²) in [5.41, 5.74) is 6.27. The van der Waals surface area contributed by atoms with E-state index in [1.165, 1.54) is 0 Å². The van der Waals surface area contributed by atoms with Crippen LogP contribution in [-0.2, 0) is 9.59 Å². The molecule has 0 aliphatic carbocycles.